The molecule has 0 bridgehead atoms. The van der Waals surface area contributed by atoms with Crippen LogP contribution in [0.1, 0.15) is 29.6 Å². The first-order valence-electron chi connectivity index (χ1n) is 5.10. The zero-order valence-corrected chi connectivity index (χ0v) is 8.39. The topological polar surface area (TPSA) is 80.9 Å². The second-order valence-electron chi connectivity index (χ2n) is 3.81. The van der Waals surface area contributed by atoms with Gasteiger partial charge in [-0.05, 0) is 25.3 Å². The summed E-state index contributed by atoms with van der Waals surface area (Å²) in [5, 5.41) is 10.2. The third kappa shape index (κ3) is 2.30. The Morgan fingerprint density at radius 1 is 1.47 bits per heavy atom. The lowest BCUT2D eigenvalue weighted by Gasteiger charge is -2.16. The highest BCUT2D eigenvalue weighted by molar-refractivity contribution is 5.93. The molecule has 5 nitrogen and oxygen atoms in total. The van der Waals surface area contributed by atoms with Gasteiger partial charge in [-0.2, -0.15) is 10.2 Å². The van der Waals surface area contributed by atoms with Crippen molar-refractivity contribution in [1.82, 2.24) is 15.5 Å². The van der Waals surface area contributed by atoms with E-state index in [1.54, 1.807) is 6.07 Å². The quantitative estimate of drug-likeness (QED) is 0.718. The summed E-state index contributed by atoms with van der Waals surface area (Å²) in [6.07, 6.45) is 5.99. The van der Waals surface area contributed by atoms with Crippen LogP contribution in [0.15, 0.2) is 18.5 Å². The first-order valence-corrected chi connectivity index (χ1v) is 5.10. The molecule has 3 N–H and O–H groups in total. The molecule has 0 aromatic carbocycles. The molecule has 80 valence electrons. The number of nitrogens with one attached hydrogen (secondary N) is 1. The number of amides is 1. The van der Waals surface area contributed by atoms with E-state index in [0.29, 0.717) is 5.56 Å². The first kappa shape index (κ1) is 10.0. The van der Waals surface area contributed by atoms with Crippen molar-refractivity contribution in [2.45, 2.75) is 31.3 Å². The summed E-state index contributed by atoms with van der Waals surface area (Å²) < 4.78 is 0. The van der Waals surface area contributed by atoms with Gasteiger partial charge in [-0.1, -0.05) is 0 Å². The van der Waals surface area contributed by atoms with Gasteiger partial charge in [0, 0.05) is 12.1 Å². The summed E-state index contributed by atoms with van der Waals surface area (Å²) in [4.78, 5) is 11.7. The van der Waals surface area contributed by atoms with E-state index in [4.69, 9.17) is 5.73 Å². The maximum Gasteiger partial charge on any atom is 0.253 e. The third-order valence-electron chi connectivity index (χ3n) is 2.73. The Labute approximate surface area is 88.1 Å². The van der Waals surface area contributed by atoms with Crippen molar-refractivity contribution in [3.63, 3.8) is 0 Å². The van der Waals surface area contributed by atoms with Crippen LogP contribution in [0.5, 0.6) is 0 Å². The highest BCUT2D eigenvalue weighted by Gasteiger charge is 2.25. The molecule has 1 amide bonds. The van der Waals surface area contributed by atoms with Crippen LogP contribution in [0, 0.1) is 0 Å². The van der Waals surface area contributed by atoms with Crippen molar-refractivity contribution in [1.29, 1.82) is 0 Å². The molecule has 1 heterocycles. The van der Waals surface area contributed by atoms with Crippen LogP contribution in [-0.4, -0.2) is 28.2 Å². The minimum absolute atomic E-state index is 0.0868. The van der Waals surface area contributed by atoms with E-state index in [9.17, 15) is 4.79 Å². The average Bonchev–Trinajstić information content (AvgIpc) is 2.66. The number of carbonyl (C=O) groups excluding carboxylic acids is 1. The lowest BCUT2D eigenvalue weighted by molar-refractivity contribution is 0.0934. The van der Waals surface area contributed by atoms with Crippen LogP contribution in [0.25, 0.3) is 0 Å². The monoisotopic (exact) mass is 206 g/mol. The van der Waals surface area contributed by atoms with Crippen molar-refractivity contribution in [2.75, 3.05) is 0 Å². The fraction of sp³-hybridized carbons (Fsp3) is 0.500. The molecule has 0 radical (unpaired) electrons. The van der Waals surface area contributed by atoms with Crippen LogP contribution in [0.2, 0.25) is 0 Å². The van der Waals surface area contributed by atoms with E-state index < -0.39 is 0 Å². The zero-order chi connectivity index (χ0) is 10.7. The van der Waals surface area contributed by atoms with E-state index >= 15 is 0 Å². The van der Waals surface area contributed by atoms with E-state index in [2.05, 4.69) is 15.5 Å². The van der Waals surface area contributed by atoms with Crippen LogP contribution in [-0.2, 0) is 0 Å². The van der Waals surface area contributed by atoms with Crippen molar-refractivity contribution >= 4 is 5.91 Å². The molecular formula is C10H14N4O. The number of aromatic nitrogens is 2. The Kier molecular flexibility index (Phi) is 2.91. The van der Waals surface area contributed by atoms with E-state index in [0.717, 1.165) is 19.3 Å². The molecule has 2 atom stereocenters. The molecule has 1 aromatic rings. The van der Waals surface area contributed by atoms with Gasteiger partial charge in [0.05, 0.1) is 18.0 Å². The summed E-state index contributed by atoms with van der Waals surface area (Å²) in [6, 6.07) is 1.83. The van der Waals surface area contributed by atoms with Gasteiger partial charge < -0.3 is 11.1 Å². The van der Waals surface area contributed by atoms with Gasteiger partial charge in [0.1, 0.15) is 0 Å². The first-order chi connectivity index (χ1) is 7.27. The predicted octanol–water partition coefficient (Wildman–Crippen LogP) is 0.0862. The van der Waals surface area contributed by atoms with E-state index in [1.807, 2.05) is 0 Å². The smallest absolute Gasteiger partial charge is 0.253 e. The fourth-order valence-electron chi connectivity index (χ4n) is 1.84. The normalized spacial score (nSPS) is 25.1. The summed E-state index contributed by atoms with van der Waals surface area (Å²) in [5.74, 6) is -0.118. The Hall–Kier alpha value is -1.49. The molecule has 2 rings (SSSR count). The van der Waals surface area contributed by atoms with Gasteiger partial charge in [0.25, 0.3) is 5.91 Å². The summed E-state index contributed by atoms with van der Waals surface area (Å²) >= 11 is 0. The Bertz CT molecular complexity index is 341. The molecule has 0 spiro atoms. The Balaban J connectivity index is 1.98. The molecular weight excluding hydrogens is 192 g/mol. The third-order valence-corrected chi connectivity index (χ3v) is 2.73. The molecule has 5 heteroatoms. The molecule has 1 aliphatic rings. The molecule has 1 saturated carbocycles. The zero-order valence-electron chi connectivity index (χ0n) is 8.39. The second-order valence-corrected chi connectivity index (χ2v) is 3.81. The molecule has 2 unspecified atom stereocenters. The van der Waals surface area contributed by atoms with Gasteiger partial charge in [0.2, 0.25) is 0 Å². The molecule has 1 aromatic heterocycles. The van der Waals surface area contributed by atoms with Gasteiger partial charge in [-0.25, -0.2) is 0 Å². The SMILES string of the molecule is NC1CCCC1NC(=O)c1ccnnc1. The number of nitrogens with two attached hydrogens (primary N) is 1. The lowest BCUT2D eigenvalue weighted by Crippen LogP contribution is -2.43. The van der Waals surface area contributed by atoms with E-state index in [-0.39, 0.29) is 18.0 Å². The molecule has 1 aliphatic carbocycles. The summed E-state index contributed by atoms with van der Waals surface area (Å²) in [6.45, 7) is 0. The van der Waals surface area contributed by atoms with Crippen LogP contribution in [0.4, 0.5) is 0 Å². The van der Waals surface area contributed by atoms with Crippen molar-refractivity contribution in [2.24, 2.45) is 5.73 Å². The van der Waals surface area contributed by atoms with Gasteiger partial charge >= 0.3 is 0 Å². The maximum atomic E-state index is 11.7. The van der Waals surface area contributed by atoms with E-state index in [1.165, 1.54) is 12.4 Å². The second kappa shape index (κ2) is 4.35. The summed E-state index contributed by atoms with van der Waals surface area (Å²) in [5.41, 5.74) is 6.39. The average molecular weight is 206 g/mol. The molecule has 0 aliphatic heterocycles. The summed E-state index contributed by atoms with van der Waals surface area (Å²) in [7, 11) is 0. The van der Waals surface area contributed by atoms with Crippen molar-refractivity contribution < 1.29 is 4.79 Å². The Morgan fingerprint density at radius 3 is 2.93 bits per heavy atom. The standard InChI is InChI=1S/C10H14N4O/c11-8-2-1-3-9(8)14-10(15)7-4-5-12-13-6-7/h4-6,8-9H,1-3,11H2,(H,14,15). The van der Waals surface area contributed by atoms with Crippen LogP contribution in [0.3, 0.4) is 0 Å². The van der Waals surface area contributed by atoms with Crippen molar-refractivity contribution in [3.8, 4) is 0 Å². The lowest BCUT2D eigenvalue weighted by atomic mass is 10.1. The largest absolute Gasteiger partial charge is 0.348 e. The Morgan fingerprint density at radius 2 is 2.33 bits per heavy atom. The van der Waals surface area contributed by atoms with Crippen LogP contribution >= 0.6 is 0 Å². The van der Waals surface area contributed by atoms with Gasteiger partial charge in [0.15, 0.2) is 0 Å². The molecule has 1 fully saturated rings. The highest BCUT2D eigenvalue weighted by Crippen LogP contribution is 2.17. The number of rotatable bonds is 2. The maximum absolute atomic E-state index is 11.7. The minimum atomic E-state index is -0.118. The van der Waals surface area contributed by atoms with Crippen molar-refractivity contribution in [3.05, 3.63) is 24.0 Å². The minimum Gasteiger partial charge on any atom is -0.348 e. The molecule has 0 saturated heterocycles. The van der Waals surface area contributed by atoms with Gasteiger partial charge in [-0.15, -0.1) is 0 Å². The van der Waals surface area contributed by atoms with Crippen LogP contribution < -0.4 is 11.1 Å². The number of carbonyl (C=O) groups is 1. The highest BCUT2D eigenvalue weighted by atomic mass is 16.1. The molecule has 15 heavy (non-hydrogen) atoms. The fourth-order valence-corrected chi connectivity index (χ4v) is 1.84. The number of nitrogens with zero attached hydrogens (tertiary/aromatic N) is 2. The predicted molar refractivity (Wildman–Crippen MR) is 55.1 cm³/mol. The number of hydrogen-bond donors (Lipinski definition) is 2. The van der Waals surface area contributed by atoms with Gasteiger partial charge in [-0.3, -0.25) is 4.79 Å². The number of hydrogen-bond acceptors (Lipinski definition) is 4.